The first-order valence-corrected chi connectivity index (χ1v) is 18.5. The number of nitrogens with zero attached hydrogens (tertiary/aromatic N) is 3. The number of rotatable bonds is 8. The van der Waals surface area contributed by atoms with Crippen molar-refractivity contribution >= 4 is 42.4 Å². The van der Waals surface area contributed by atoms with Gasteiger partial charge in [-0.3, -0.25) is 14.0 Å². The van der Waals surface area contributed by atoms with Crippen LogP contribution in [0.15, 0.2) is 98.9 Å². The van der Waals surface area contributed by atoms with E-state index in [4.69, 9.17) is 4.74 Å². The van der Waals surface area contributed by atoms with Crippen molar-refractivity contribution in [3.63, 3.8) is 0 Å². The van der Waals surface area contributed by atoms with Gasteiger partial charge in [0.15, 0.2) is 17.7 Å². The fourth-order valence-electron chi connectivity index (χ4n) is 6.98. The molecule has 2 atom stereocenters. The molecule has 0 amide bonds. The summed E-state index contributed by atoms with van der Waals surface area (Å²) in [5.41, 5.74) is 3.70. The van der Waals surface area contributed by atoms with Gasteiger partial charge in [-0.05, 0) is 89.0 Å². The van der Waals surface area contributed by atoms with Gasteiger partial charge < -0.3 is 20.1 Å². The highest BCUT2D eigenvalue weighted by molar-refractivity contribution is 7.86. The van der Waals surface area contributed by atoms with E-state index >= 15 is 0 Å². The molecule has 0 saturated heterocycles. The molecular weight excluding hydrogens is 687 g/mol. The van der Waals surface area contributed by atoms with E-state index in [2.05, 4.69) is 15.1 Å². The van der Waals surface area contributed by atoms with Crippen LogP contribution < -0.4 is 4.74 Å². The summed E-state index contributed by atoms with van der Waals surface area (Å²) < 4.78 is 76.3. The monoisotopic (exact) mass is 717 g/mol. The van der Waals surface area contributed by atoms with Gasteiger partial charge in [0.2, 0.25) is 0 Å². The van der Waals surface area contributed by atoms with E-state index < -0.39 is 36.3 Å². The van der Waals surface area contributed by atoms with Gasteiger partial charge in [-0.2, -0.15) is 21.9 Å². The van der Waals surface area contributed by atoms with E-state index in [1.54, 1.807) is 48.5 Å². The molecule has 5 aromatic carbocycles. The van der Waals surface area contributed by atoms with Crippen molar-refractivity contribution in [2.24, 2.45) is 10.2 Å². The van der Waals surface area contributed by atoms with Gasteiger partial charge in [0, 0.05) is 30.0 Å². The highest BCUT2D eigenvalue weighted by Gasteiger charge is 2.41. The predicted molar refractivity (Wildman–Crippen MR) is 183 cm³/mol. The summed E-state index contributed by atoms with van der Waals surface area (Å²) in [5.74, 6) is -0.532. The van der Waals surface area contributed by atoms with E-state index in [9.17, 15) is 41.3 Å². The van der Waals surface area contributed by atoms with E-state index in [0.29, 0.717) is 35.8 Å². The molecule has 5 aromatic rings. The van der Waals surface area contributed by atoms with Crippen LogP contribution in [0.5, 0.6) is 23.0 Å². The number of benzene rings is 5. The summed E-state index contributed by atoms with van der Waals surface area (Å²) in [6, 6.07) is 19.2. The molecule has 1 aliphatic heterocycles. The zero-order valence-corrected chi connectivity index (χ0v) is 28.1. The number of phenols is 3. The lowest BCUT2D eigenvalue weighted by molar-refractivity contribution is -0.0169. The van der Waals surface area contributed by atoms with E-state index in [1.165, 1.54) is 18.2 Å². The average Bonchev–Trinajstić information content (AvgIpc) is 3.06. The highest BCUT2D eigenvalue weighted by atomic mass is 32.2. The molecule has 1 aliphatic carbocycles. The Kier molecular flexibility index (Phi) is 8.27. The maximum atomic E-state index is 12.7. The van der Waals surface area contributed by atoms with Crippen LogP contribution in [0, 0.1) is 0 Å². The van der Waals surface area contributed by atoms with Gasteiger partial charge in [0.25, 0.3) is 20.2 Å². The number of hydrogen-bond acceptors (Lipinski definition) is 11. The Labute approximate surface area is 287 Å². The second kappa shape index (κ2) is 12.4. The molecule has 7 rings (SSSR count). The van der Waals surface area contributed by atoms with Gasteiger partial charge in [0.05, 0.1) is 10.6 Å². The van der Waals surface area contributed by atoms with Crippen molar-refractivity contribution in [1.29, 1.82) is 0 Å². The minimum atomic E-state index is -5.09. The Morgan fingerprint density at radius 3 is 2.30 bits per heavy atom. The van der Waals surface area contributed by atoms with Crippen LogP contribution >= 0.6 is 0 Å². The molecule has 1 heterocycles. The fraction of sp³-hybridized carbons (Fsp3) is 0.200. The summed E-state index contributed by atoms with van der Waals surface area (Å²) in [5, 5.41) is 40.5. The van der Waals surface area contributed by atoms with Crippen molar-refractivity contribution in [1.82, 2.24) is 4.90 Å². The van der Waals surface area contributed by atoms with Crippen LogP contribution in [0.25, 0.3) is 21.9 Å². The molecule has 2 aliphatic rings. The molecule has 50 heavy (non-hydrogen) atoms. The standard InChI is InChI=1S/C35H31N3O10S2/c1-2-12-38-26-15-20-8-10-27(40)35(41)32(20)25-17-23(39)13-21(31(25)26)16-30(38)48-28-11-9-19-14-24(49(42,43)44)18-29(50(45,46)47)33(19)34(28)37-36-22-6-4-3-5-7-22/h3-11,13-14,17-18,26,30,39-41H,2,12,15-16H2,1H3,(H,42,43,44)(H,45,46,47)/b37-36+/t26-,30?/m1/s1. The van der Waals surface area contributed by atoms with E-state index in [1.807, 2.05) is 6.92 Å². The van der Waals surface area contributed by atoms with Crippen molar-refractivity contribution in [2.75, 3.05) is 6.54 Å². The molecule has 0 fully saturated rings. The zero-order valence-electron chi connectivity index (χ0n) is 26.4. The van der Waals surface area contributed by atoms with Gasteiger partial charge in [-0.25, -0.2) is 0 Å². The normalized spacial score (nSPS) is 17.5. The smallest absolute Gasteiger partial charge is 0.295 e. The highest BCUT2D eigenvalue weighted by Crippen LogP contribution is 2.53. The zero-order chi connectivity index (χ0) is 35.5. The maximum absolute atomic E-state index is 12.7. The molecule has 258 valence electrons. The SMILES string of the molecule is CCCN1C(Oc2ccc3cc(S(=O)(=O)O)cc(S(=O)(=O)O)c3c2/N=N/c2ccccc2)Cc2cc(O)cc3c2[C@H]1Cc1ccc(O)c(O)c1-3. The van der Waals surface area contributed by atoms with E-state index in [-0.39, 0.29) is 51.9 Å². The van der Waals surface area contributed by atoms with Crippen LogP contribution in [0.2, 0.25) is 0 Å². The molecule has 15 heteroatoms. The number of hydrogen-bond donors (Lipinski definition) is 5. The number of phenolic OH excluding ortho intramolecular Hbond substituents is 3. The number of azo groups is 1. The first-order valence-electron chi connectivity index (χ1n) is 15.6. The maximum Gasteiger partial charge on any atom is 0.295 e. The molecule has 0 saturated carbocycles. The second-order valence-electron chi connectivity index (χ2n) is 12.2. The van der Waals surface area contributed by atoms with Gasteiger partial charge in [-0.15, -0.1) is 5.11 Å². The van der Waals surface area contributed by atoms with Crippen LogP contribution in [-0.2, 0) is 33.1 Å². The van der Waals surface area contributed by atoms with Crippen molar-refractivity contribution in [3.05, 3.63) is 95.6 Å². The fourth-order valence-corrected chi connectivity index (χ4v) is 8.35. The Morgan fingerprint density at radius 1 is 0.840 bits per heavy atom. The molecule has 0 bridgehead atoms. The lowest BCUT2D eigenvalue weighted by atomic mass is 9.76. The van der Waals surface area contributed by atoms with Crippen LogP contribution in [0.4, 0.5) is 11.4 Å². The van der Waals surface area contributed by atoms with Crippen molar-refractivity contribution in [2.45, 2.75) is 48.2 Å². The number of ether oxygens (including phenoxy) is 1. The molecule has 1 unspecified atom stereocenters. The predicted octanol–water partition coefficient (Wildman–Crippen LogP) is 6.80. The van der Waals surface area contributed by atoms with Crippen molar-refractivity contribution in [3.8, 4) is 34.1 Å². The van der Waals surface area contributed by atoms with Gasteiger partial charge in [-0.1, -0.05) is 37.3 Å². The Hall–Kier alpha value is -5.06. The molecular formula is C35H31N3O10S2. The van der Waals surface area contributed by atoms with Crippen molar-refractivity contribution < 1.29 is 46.0 Å². The average molecular weight is 718 g/mol. The second-order valence-corrected chi connectivity index (χ2v) is 15.0. The quantitative estimate of drug-likeness (QED) is 0.0641. The summed E-state index contributed by atoms with van der Waals surface area (Å²) in [6.07, 6.45) is 0.694. The van der Waals surface area contributed by atoms with Crippen LogP contribution in [0.1, 0.15) is 36.1 Å². The molecule has 0 aromatic heterocycles. The number of fused-ring (bicyclic) bond motifs is 3. The third-order valence-electron chi connectivity index (χ3n) is 9.01. The van der Waals surface area contributed by atoms with E-state index in [0.717, 1.165) is 29.2 Å². The molecule has 5 N–H and O–H groups in total. The summed E-state index contributed by atoms with van der Waals surface area (Å²) in [6.45, 7) is 2.56. The third kappa shape index (κ3) is 5.92. The first-order chi connectivity index (χ1) is 23.7. The minimum absolute atomic E-state index is 0.0167. The minimum Gasteiger partial charge on any atom is -0.508 e. The summed E-state index contributed by atoms with van der Waals surface area (Å²) in [7, 11) is -9.96. The first kappa shape index (κ1) is 33.4. The lowest BCUT2D eigenvalue weighted by Gasteiger charge is -2.46. The molecule has 13 nitrogen and oxygen atoms in total. The molecule has 0 radical (unpaired) electrons. The summed E-state index contributed by atoms with van der Waals surface area (Å²) >= 11 is 0. The van der Waals surface area contributed by atoms with Gasteiger partial charge in [0.1, 0.15) is 22.1 Å². The van der Waals surface area contributed by atoms with Crippen LogP contribution in [0.3, 0.4) is 0 Å². The molecule has 0 spiro atoms. The summed E-state index contributed by atoms with van der Waals surface area (Å²) in [4.78, 5) is 0.558. The Balaban J connectivity index is 1.42. The third-order valence-corrected chi connectivity index (χ3v) is 10.7. The Morgan fingerprint density at radius 2 is 1.60 bits per heavy atom. The largest absolute Gasteiger partial charge is 0.508 e. The number of aromatic hydroxyl groups is 3. The van der Waals surface area contributed by atoms with Gasteiger partial charge >= 0.3 is 0 Å². The van der Waals surface area contributed by atoms with Crippen LogP contribution in [-0.4, -0.2) is 58.9 Å². The Bertz CT molecular complexity index is 2440. The lowest BCUT2D eigenvalue weighted by Crippen LogP contribution is -2.49. The topological polar surface area (TPSA) is 207 Å².